The zero-order chi connectivity index (χ0) is 10.8. The zero-order valence-corrected chi connectivity index (χ0v) is 9.41. The Hall–Kier alpha value is -0.830. The van der Waals surface area contributed by atoms with Gasteiger partial charge in [-0.05, 0) is 24.5 Å². The summed E-state index contributed by atoms with van der Waals surface area (Å²) < 4.78 is 13.5. The van der Waals surface area contributed by atoms with Crippen LogP contribution < -0.4 is 4.90 Å². The van der Waals surface area contributed by atoms with Crippen molar-refractivity contribution >= 4 is 17.4 Å². The van der Waals surface area contributed by atoms with Gasteiger partial charge >= 0.3 is 0 Å². The molecule has 1 aromatic heterocycles. The molecule has 2 heterocycles. The van der Waals surface area contributed by atoms with Gasteiger partial charge in [0.15, 0.2) is 11.6 Å². The predicted molar refractivity (Wildman–Crippen MR) is 59.8 cm³/mol. The number of hydrogen-bond acceptors (Lipinski definition) is 2. The smallest absolute Gasteiger partial charge is 0.165 e. The van der Waals surface area contributed by atoms with Gasteiger partial charge in [0, 0.05) is 19.3 Å². The third-order valence-corrected chi connectivity index (χ3v) is 3.47. The van der Waals surface area contributed by atoms with Crippen molar-refractivity contribution in [3.8, 4) is 0 Å². The Morgan fingerprint density at radius 2 is 2.40 bits per heavy atom. The van der Waals surface area contributed by atoms with Gasteiger partial charge in [-0.3, -0.25) is 0 Å². The second-order valence-electron chi connectivity index (χ2n) is 4.04. The Morgan fingerprint density at radius 1 is 1.60 bits per heavy atom. The van der Waals surface area contributed by atoms with Gasteiger partial charge in [0.25, 0.3) is 0 Å². The lowest BCUT2D eigenvalue weighted by atomic mass is 9.98. The molecule has 1 aliphatic heterocycles. The monoisotopic (exact) mass is 228 g/mol. The number of hydrogen-bond donors (Lipinski definition) is 0. The topological polar surface area (TPSA) is 16.1 Å². The summed E-state index contributed by atoms with van der Waals surface area (Å²) in [4.78, 5) is 5.98. The molecule has 0 spiro atoms. The molecule has 15 heavy (non-hydrogen) atoms. The van der Waals surface area contributed by atoms with Gasteiger partial charge in [0.1, 0.15) is 0 Å². The molecule has 1 fully saturated rings. The Labute approximate surface area is 94.1 Å². The van der Waals surface area contributed by atoms with Gasteiger partial charge in [-0.25, -0.2) is 9.37 Å². The summed E-state index contributed by atoms with van der Waals surface area (Å²) in [5.74, 6) is 0.653. The van der Waals surface area contributed by atoms with E-state index in [1.165, 1.54) is 6.07 Å². The highest BCUT2D eigenvalue weighted by Crippen LogP contribution is 2.26. The highest BCUT2D eigenvalue weighted by atomic mass is 35.5. The largest absolute Gasteiger partial charge is 0.353 e. The van der Waals surface area contributed by atoms with Crippen molar-refractivity contribution in [2.24, 2.45) is 5.92 Å². The third kappa shape index (κ3) is 2.23. The number of nitrogens with zero attached hydrogens (tertiary/aromatic N) is 2. The van der Waals surface area contributed by atoms with E-state index in [1.54, 1.807) is 12.3 Å². The highest BCUT2D eigenvalue weighted by Gasteiger charge is 2.26. The minimum absolute atomic E-state index is 0.0835. The molecule has 1 saturated heterocycles. The molecule has 0 N–H and O–H groups in total. The first-order valence-electron chi connectivity index (χ1n) is 5.18. The summed E-state index contributed by atoms with van der Waals surface area (Å²) in [5, 5.41) is 0.0835. The number of pyridine rings is 1. The van der Waals surface area contributed by atoms with E-state index in [4.69, 9.17) is 11.6 Å². The zero-order valence-electron chi connectivity index (χ0n) is 8.66. The summed E-state index contributed by atoms with van der Waals surface area (Å²) in [6.07, 6.45) is 2.60. The fourth-order valence-electron chi connectivity index (χ4n) is 1.82. The van der Waals surface area contributed by atoms with Crippen LogP contribution in [0.4, 0.5) is 10.2 Å². The second kappa shape index (κ2) is 4.35. The van der Waals surface area contributed by atoms with Crippen LogP contribution in [0.5, 0.6) is 0 Å². The second-order valence-corrected chi connectivity index (χ2v) is 4.60. The first-order valence-corrected chi connectivity index (χ1v) is 5.61. The summed E-state index contributed by atoms with van der Waals surface area (Å²) in [6, 6.07) is 3.03. The van der Waals surface area contributed by atoms with Crippen LogP contribution in [0.3, 0.4) is 0 Å². The van der Waals surface area contributed by atoms with Crippen molar-refractivity contribution in [2.45, 2.75) is 18.7 Å². The predicted octanol–water partition coefficient (Wildman–Crippen LogP) is 2.67. The Kier molecular flexibility index (Phi) is 3.10. The molecule has 82 valence electrons. The molecule has 0 aliphatic carbocycles. The van der Waals surface area contributed by atoms with E-state index in [1.807, 2.05) is 4.90 Å². The number of rotatable bonds is 1. The van der Waals surface area contributed by atoms with Gasteiger partial charge in [-0.15, -0.1) is 11.6 Å². The van der Waals surface area contributed by atoms with Crippen molar-refractivity contribution < 1.29 is 4.39 Å². The van der Waals surface area contributed by atoms with Crippen LogP contribution in [0.25, 0.3) is 0 Å². The van der Waals surface area contributed by atoms with Crippen LogP contribution in [0.15, 0.2) is 18.3 Å². The fourth-order valence-corrected chi connectivity index (χ4v) is 2.12. The maximum atomic E-state index is 13.5. The van der Waals surface area contributed by atoms with E-state index in [-0.39, 0.29) is 11.2 Å². The molecule has 0 bridgehead atoms. The van der Waals surface area contributed by atoms with Gasteiger partial charge in [0.2, 0.25) is 0 Å². The third-order valence-electron chi connectivity index (χ3n) is 2.91. The standard InChI is InChI=1S/C11H14ClFN2/c1-8-4-6-15(7-9(8)12)11-10(13)3-2-5-14-11/h2-3,5,8-9H,4,6-7H2,1H3. The average molecular weight is 229 g/mol. The van der Waals surface area contributed by atoms with Gasteiger partial charge < -0.3 is 4.90 Å². The van der Waals surface area contributed by atoms with Crippen molar-refractivity contribution in [1.29, 1.82) is 0 Å². The molecule has 2 atom stereocenters. The molecule has 1 aliphatic rings. The first kappa shape index (κ1) is 10.7. The van der Waals surface area contributed by atoms with Crippen molar-refractivity contribution in [2.75, 3.05) is 18.0 Å². The fraction of sp³-hybridized carbons (Fsp3) is 0.545. The maximum absolute atomic E-state index is 13.5. The van der Waals surface area contributed by atoms with Crippen molar-refractivity contribution in [3.63, 3.8) is 0 Å². The molecule has 0 aromatic carbocycles. The van der Waals surface area contributed by atoms with Gasteiger partial charge in [-0.1, -0.05) is 6.92 Å². The number of piperidine rings is 1. The maximum Gasteiger partial charge on any atom is 0.165 e. The molecule has 0 saturated carbocycles. The number of alkyl halides is 1. The minimum atomic E-state index is -0.268. The average Bonchev–Trinajstić information content (AvgIpc) is 2.23. The minimum Gasteiger partial charge on any atom is -0.353 e. The lowest BCUT2D eigenvalue weighted by Crippen LogP contribution is -2.41. The van der Waals surface area contributed by atoms with E-state index in [9.17, 15) is 4.39 Å². The van der Waals surface area contributed by atoms with E-state index < -0.39 is 0 Å². The van der Waals surface area contributed by atoms with Crippen LogP contribution in [0, 0.1) is 11.7 Å². The molecule has 0 amide bonds. The molecular weight excluding hydrogens is 215 g/mol. The quantitative estimate of drug-likeness (QED) is 0.687. The number of halogens is 2. The van der Waals surface area contributed by atoms with E-state index in [0.29, 0.717) is 18.3 Å². The molecule has 0 radical (unpaired) electrons. The van der Waals surface area contributed by atoms with Gasteiger partial charge in [-0.2, -0.15) is 0 Å². The van der Waals surface area contributed by atoms with E-state index in [0.717, 1.165) is 13.0 Å². The molecule has 2 unspecified atom stereocenters. The molecule has 4 heteroatoms. The van der Waals surface area contributed by atoms with Crippen molar-refractivity contribution in [3.05, 3.63) is 24.1 Å². The summed E-state index contributed by atoms with van der Waals surface area (Å²) in [7, 11) is 0. The van der Waals surface area contributed by atoms with Crippen LogP contribution in [0.1, 0.15) is 13.3 Å². The Balaban J connectivity index is 2.15. The van der Waals surface area contributed by atoms with Crippen molar-refractivity contribution in [1.82, 2.24) is 4.98 Å². The van der Waals surface area contributed by atoms with E-state index in [2.05, 4.69) is 11.9 Å². The van der Waals surface area contributed by atoms with Gasteiger partial charge in [0.05, 0.1) is 5.38 Å². The number of aromatic nitrogens is 1. The number of anilines is 1. The molecule has 2 nitrogen and oxygen atoms in total. The summed E-state index contributed by atoms with van der Waals surface area (Å²) in [6.45, 7) is 3.64. The summed E-state index contributed by atoms with van der Waals surface area (Å²) in [5.41, 5.74) is 0. The van der Waals surface area contributed by atoms with E-state index >= 15 is 0 Å². The van der Waals surface area contributed by atoms with Crippen LogP contribution in [-0.4, -0.2) is 23.5 Å². The SMILES string of the molecule is CC1CCN(c2ncccc2F)CC1Cl. The lowest BCUT2D eigenvalue weighted by Gasteiger charge is -2.34. The normalized spacial score (nSPS) is 26.7. The summed E-state index contributed by atoms with van der Waals surface area (Å²) >= 11 is 6.17. The van der Waals surface area contributed by atoms with Crippen LogP contribution >= 0.6 is 11.6 Å². The lowest BCUT2D eigenvalue weighted by molar-refractivity contribution is 0.439. The molecular formula is C11H14ClFN2. The van der Waals surface area contributed by atoms with Crippen LogP contribution in [0.2, 0.25) is 0 Å². The Morgan fingerprint density at radius 3 is 3.07 bits per heavy atom. The Bertz CT molecular complexity index is 345. The first-order chi connectivity index (χ1) is 7.18. The molecule has 2 rings (SSSR count). The van der Waals surface area contributed by atoms with Crippen LogP contribution in [-0.2, 0) is 0 Å². The molecule has 1 aromatic rings. The highest BCUT2D eigenvalue weighted by molar-refractivity contribution is 6.21.